The summed E-state index contributed by atoms with van der Waals surface area (Å²) in [5.74, 6) is -1.69. The quantitative estimate of drug-likeness (QED) is 0.611. The maximum absolute atomic E-state index is 11.6. The fourth-order valence-corrected chi connectivity index (χ4v) is 1.35. The molecule has 102 valence electrons. The maximum Gasteiger partial charge on any atom is 0.339 e. The Hall–Kier alpha value is -3.23. The van der Waals surface area contributed by atoms with Gasteiger partial charge in [-0.25, -0.2) is 14.6 Å². The first-order valence-corrected chi connectivity index (χ1v) is 5.34. The molecule has 0 spiro atoms. The lowest BCUT2D eigenvalue weighted by Gasteiger charge is -2.07. The molecule has 2 aromatic rings. The molecule has 1 heterocycles. The summed E-state index contributed by atoms with van der Waals surface area (Å²) >= 11 is 0. The van der Waals surface area contributed by atoms with Gasteiger partial charge in [0.1, 0.15) is 11.3 Å². The highest BCUT2D eigenvalue weighted by Gasteiger charge is 2.11. The molecule has 0 aliphatic carbocycles. The van der Waals surface area contributed by atoms with Crippen LogP contribution >= 0.6 is 0 Å². The molecule has 4 N–H and O–H groups in total. The lowest BCUT2D eigenvalue weighted by molar-refractivity contribution is 0.0693. The molecule has 9 heteroatoms. The molecule has 0 aliphatic rings. The molecular formula is C11H9N5O4. The van der Waals surface area contributed by atoms with Gasteiger partial charge in [0.2, 0.25) is 0 Å². The van der Waals surface area contributed by atoms with Crippen LogP contribution in [0.25, 0.3) is 0 Å². The molecule has 1 aromatic carbocycles. The van der Waals surface area contributed by atoms with Gasteiger partial charge in [-0.2, -0.15) is 5.10 Å². The summed E-state index contributed by atoms with van der Waals surface area (Å²) in [5.41, 5.74) is -0.123. The molecule has 2 rings (SSSR count). The summed E-state index contributed by atoms with van der Waals surface area (Å²) in [6.45, 7) is 0. The minimum Gasteiger partial charge on any atom is -0.507 e. The summed E-state index contributed by atoms with van der Waals surface area (Å²) in [6, 6.07) is 2.98. The van der Waals surface area contributed by atoms with Gasteiger partial charge in [-0.05, 0) is 18.2 Å². The number of urea groups is 1. The number of carbonyl (C=O) groups excluding carboxylic acids is 1. The van der Waals surface area contributed by atoms with Crippen molar-refractivity contribution in [2.45, 2.75) is 0 Å². The second kappa shape index (κ2) is 5.61. The lowest BCUT2D eigenvalue weighted by atomic mass is 10.2. The molecule has 9 nitrogen and oxygen atoms in total. The number of aromatic carboxylic acids is 1. The van der Waals surface area contributed by atoms with Crippen LogP contribution in [0.3, 0.4) is 0 Å². The molecule has 0 saturated heterocycles. The van der Waals surface area contributed by atoms with Gasteiger partial charge in [0.25, 0.3) is 5.95 Å². The van der Waals surface area contributed by atoms with E-state index in [1.807, 2.05) is 0 Å². The van der Waals surface area contributed by atoms with Crippen molar-refractivity contribution in [3.63, 3.8) is 0 Å². The Bertz CT molecular complexity index is 647. The maximum atomic E-state index is 11.6. The topological polar surface area (TPSA) is 137 Å². The molecule has 0 unspecified atom stereocenters. The molecule has 0 bridgehead atoms. The third-order valence-electron chi connectivity index (χ3n) is 2.19. The van der Waals surface area contributed by atoms with Gasteiger partial charge in [0, 0.05) is 5.69 Å². The van der Waals surface area contributed by atoms with Crippen molar-refractivity contribution in [3.05, 3.63) is 36.2 Å². The first kappa shape index (κ1) is 13.2. The normalized spacial score (nSPS) is 9.80. The highest BCUT2D eigenvalue weighted by atomic mass is 16.4. The van der Waals surface area contributed by atoms with E-state index in [2.05, 4.69) is 25.8 Å². The zero-order valence-electron chi connectivity index (χ0n) is 9.94. The van der Waals surface area contributed by atoms with E-state index in [1.165, 1.54) is 24.5 Å². The molecule has 0 aliphatic heterocycles. The average molecular weight is 275 g/mol. The van der Waals surface area contributed by atoms with Gasteiger partial charge in [-0.3, -0.25) is 5.32 Å². The number of phenols is 1. The van der Waals surface area contributed by atoms with Crippen LogP contribution in [-0.4, -0.2) is 37.4 Å². The molecule has 2 amide bonds. The van der Waals surface area contributed by atoms with Crippen molar-refractivity contribution in [1.82, 2.24) is 15.2 Å². The van der Waals surface area contributed by atoms with Crippen LogP contribution in [0.1, 0.15) is 10.4 Å². The Morgan fingerprint density at radius 1 is 1.15 bits per heavy atom. The Kier molecular flexibility index (Phi) is 3.70. The van der Waals surface area contributed by atoms with Gasteiger partial charge < -0.3 is 15.5 Å². The van der Waals surface area contributed by atoms with E-state index >= 15 is 0 Å². The minimum atomic E-state index is -1.30. The van der Waals surface area contributed by atoms with Crippen LogP contribution in [0.2, 0.25) is 0 Å². The van der Waals surface area contributed by atoms with Gasteiger partial charge in [0.15, 0.2) is 0 Å². The number of hydrogen-bond acceptors (Lipinski definition) is 6. The van der Waals surface area contributed by atoms with Crippen molar-refractivity contribution in [2.75, 3.05) is 10.6 Å². The van der Waals surface area contributed by atoms with E-state index in [0.717, 1.165) is 6.07 Å². The van der Waals surface area contributed by atoms with Crippen LogP contribution in [0.15, 0.2) is 30.6 Å². The van der Waals surface area contributed by atoms with E-state index in [0.29, 0.717) is 0 Å². The summed E-state index contributed by atoms with van der Waals surface area (Å²) in [6.07, 6.45) is 2.70. The predicted molar refractivity (Wildman–Crippen MR) is 67.5 cm³/mol. The minimum absolute atomic E-state index is 0.00207. The van der Waals surface area contributed by atoms with E-state index in [4.69, 9.17) is 5.11 Å². The Morgan fingerprint density at radius 3 is 2.60 bits per heavy atom. The van der Waals surface area contributed by atoms with E-state index in [9.17, 15) is 14.7 Å². The number of nitrogens with zero attached hydrogens (tertiary/aromatic N) is 3. The number of aromatic hydroxyl groups is 1. The Balaban J connectivity index is 2.08. The van der Waals surface area contributed by atoms with E-state index in [-0.39, 0.29) is 22.9 Å². The second-order valence-corrected chi connectivity index (χ2v) is 3.58. The van der Waals surface area contributed by atoms with Gasteiger partial charge in [0.05, 0.1) is 12.4 Å². The standard InChI is InChI=1S/C11H9N5O4/c17-8-2-1-6(5-7(8)9(18)19)14-11(20)15-10-12-3-4-13-16-10/h1-5,17H,(H,18,19)(H2,12,14,15,16,20). The summed E-state index contributed by atoms with van der Waals surface area (Å²) in [7, 11) is 0. The molecule has 0 atom stereocenters. The van der Waals surface area contributed by atoms with Crippen molar-refractivity contribution < 1.29 is 19.8 Å². The second-order valence-electron chi connectivity index (χ2n) is 3.58. The van der Waals surface area contributed by atoms with Gasteiger partial charge in [-0.1, -0.05) is 0 Å². The highest BCUT2D eigenvalue weighted by molar-refractivity contribution is 6.00. The number of amides is 2. The van der Waals surface area contributed by atoms with Crippen molar-refractivity contribution >= 4 is 23.6 Å². The van der Waals surface area contributed by atoms with Crippen LogP contribution in [0, 0.1) is 0 Å². The van der Waals surface area contributed by atoms with Crippen LogP contribution < -0.4 is 10.6 Å². The lowest BCUT2D eigenvalue weighted by Crippen LogP contribution is -2.21. The monoisotopic (exact) mass is 275 g/mol. The van der Waals surface area contributed by atoms with E-state index in [1.54, 1.807) is 0 Å². The van der Waals surface area contributed by atoms with Crippen molar-refractivity contribution in [2.24, 2.45) is 0 Å². The van der Waals surface area contributed by atoms with Crippen LogP contribution in [0.4, 0.5) is 16.4 Å². The summed E-state index contributed by atoms with van der Waals surface area (Å²) in [4.78, 5) is 26.2. The highest BCUT2D eigenvalue weighted by Crippen LogP contribution is 2.21. The number of nitrogens with one attached hydrogen (secondary N) is 2. The zero-order valence-corrected chi connectivity index (χ0v) is 9.94. The Morgan fingerprint density at radius 2 is 1.95 bits per heavy atom. The first-order valence-electron chi connectivity index (χ1n) is 5.34. The van der Waals surface area contributed by atoms with Gasteiger partial charge >= 0.3 is 12.0 Å². The number of carbonyl (C=O) groups is 2. The number of aromatic nitrogens is 3. The van der Waals surface area contributed by atoms with E-state index < -0.39 is 12.0 Å². The SMILES string of the molecule is O=C(Nc1ccc(O)c(C(=O)O)c1)Nc1nccnn1. The number of anilines is 2. The summed E-state index contributed by atoms with van der Waals surface area (Å²) in [5, 5.41) is 30.0. The average Bonchev–Trinajstić information content (AvgIpc) is 2.41. The number of carboxylic acids is 1. The van der Waals surface area contributed by atoms with Crippen LogP contribution in [-0.2, 0) is 0 Å². The van der Waals surface area contributed by atoms with Crippen molar-refractivity contribution in [3.8, 4) is 5.75 Å². The number of hydrogen-bond donors (Lipinski definition) is 4. The fourth-order valence-electron chi connectivity index (χ4n) is 1.35. The summed E-state index contributed by atoms with van der Waals surface area (Å²) < 4.78 is 0. The fraction of sp³-hybridized carbons (Fsp3) is 0. The van der Waals surface area contributed by atoms with Crippen molar-refractivity contribution in [1.29, 1.82) is 0 Å². The largest absolute Gasteiger partial charge is 0.507 e. The first-order chi connectivity index (χ1) is 9.56. The number of rotatable bonds is 3. The number of benzene rings is 1. The zero-order chi connectivity index (χ0) is 14.5. The molecule has 0 saturated carbocycles. The molecule has 20 heavy (non-hydrogen) atoms. The smallest absolute Gasteiger partial charge is 0.339 e. The third-order valence-corrected chi connectivity index (χ3v) is 2.19. The molecular weight excluding hydrogens is 266 g/mol. The third kappa shape index (κ3) is 3.16. The number of carboxylic acid groups (broad SMARTS) is 1. The molecule has 0 fully saturated rings. The molecule has 1 aromatic heterocycles. The van der Waals surface area contributed by atoms with Gasteiger partial charge in [-0.15, -0.1) is 5.10 Å². The Labute approximate surface area is 112 Å². The predicted octanol–water partition coefficient (Wildman–Crippen LogP) is 0.919. The molecule has 0 radical (unpaired) electrons. The van der Waals surface area contributed by atoms with Crippen LogP contribution in [0.5, 0.6) is 5.75 Å².